The van der Waals surface area contributed by atoms with Crippen molar-refractivity contribution >= 4 is 56.5 Å². The van der Waals surface area contributed by atoms with Crippen LogP contribution in [0.1, 0.15) is 27.8 Å². The van der Waals surface area contributed by atoms with Crippen LogP contribution < -0.4 is 5.32 Å². The summed E-state index contributed by atoms with van der Waals surface area (Å²) in [5.41, 5.74) is 1.37. The highest BCUT2D eigenvalue weighted by Crippen LogP contribution is 2.37. The van der Waals surface area contributed by atoms with Crippen LogP contribution in [0.5, 0.6) is 0 Å². The highest BCUT2D eigenvalue weighted by atomic mass is 35.5. The quantitative estimate of drug-likeness (QED) is 0.205. The maximum atomic E-state index is 12.8. The number of amides is 1. The third kappa shape index (κ3) is 4.20. The van der Waals surface area contributed by atoms with Crippen LogP contribution >= 0.6 is 22.9 Å². The van der Waals surface area contributed by atoms with Crippen molar-refractivity contribution in [2.24, 2.45) is 0 Å². The van der Waals surface area contributed by atoms with Gasteiger partial charge in [-0.3, -0.25) is 14.9 Å². The summed E-state index contributed by atoms with van der Waals surface area (Å²) in [4.78, 5) is 36.1. The molecule has 1 amide bonds. The molecule has 32 heavy (non-hydrogen) atoms. The predicted molar refractivity (Wildman–Crippen MR) is 122 cm³/mol. The number of carbonyl (C=O) groups is 2. The Bertz CT molecular complexity index is 1360. The maximum absolute atomic E-state index is 12.8. The Labute approximate surface area is 190 Å². The van der Waals surface area contributed by atoms with Crippen molar-refractivity contribution in [3.8, 4) is 11.1 Å². The third-order valence-corrected chi connectivity index (χ3v) is 5.70. The molecule has 0 saturated heterocycles. The molecule has 0 unspecified atom stereocenters. The molecule has 162 valence electrons. The normalized spacial score (nSPS) is 10.8. The van der Waals surface area contributed by atoms with Crippen LogP contribution in [0.25, 0.3) is 22.1 Å². The third-order valence-electron chi connectivity index (χ3n) is 4.57. The number of anilines is 1. The van der Waals surface area contributed by atoms with Crippen molar-refractivity contribution in [3.05, 3.63) is 80.4 Å². The van der Waals surface area contributed by atoms with Gasteiger partial charge < -0.3 is 14.5 Å². The number of nitro benzene ring substituents is 1. The van der Waals surface area contributed by atoms with Crippen LogP contribution in [0.4, 0.5) is 10.7 Å². The van der Waals surface area contributed by atoms with Gasteiger partial charge in [-0.25, -0.2) is 4.79 Å². The summed E-state index contributed by atoms with van der Waals surface area (Å²) >= 11 is 7.09. The number of esters is 1. The molecule has 4 aromatic rings. The largest absolute Gasteiger partial charge is 0.462 e. The van der Waals surface area contributed by atoms with E-state index in [1.807, 2.05) is 0 Å². The number of ether oxygens (including phenoxy) is 1. The zero-order chi connectivity index (χ0) is 22.8. The number of non-ortho nitro benzene ring substituents is 1. The molecule has 0 saturated carbocycles. The summed E-state index contributed by atoms with van der Waals surface area (Å²) < 4.78 is 10.7. The van der Waals surface area contributed by atoms with Crippen molar-refractivity contribution in [1.82, 2.24) is 0 Å². The molecule has 1 N–H and O–H groups in total. The van der Waals surface area contributed by atoms with Gasteiger partial charge in [-0.05, 0) is 36.8 Å². The summed E-state index contributed by atoms with van der Waals surface area (Å²) in [6.07, 6.45) is 0. The van der Waals surface area contributed by atoms with Gasteiger partial charge in [0.1, 0.15) is 16.1 Å². The summed E-state index contributed by atoms with van der Waals surface area (Å²) in [6.45, 7) is 1.79. The van der Waals surface area contributed by atoms with Gasteiger partial charge in [-0.1, -0.05) is 23.7 Å². The standard InChI is InChI=1S/C22H15ClN2O6S/c1-2-30-22(27)19-16(12-4-3-5-15(9-12)25(28)29)11-32-21(19)24-20(26)18-10-13-8-14(23)6-7-17(13)31-18/h3-11H,2H2,1H3,(H,24,26). The van der Waals surface area contributed by atoms with E-state index in [-0.39, 0.29) is 28.6 Å². The Hall–Kier alpha value is -3.69. The van der Waals surface area contributed by atoms with Crippen LogP contribution in [0.3, 0.4) is 0 Å². The average Bonchev–Trinajstić information content (AvgIpc) is 3.38. The van der Waals surface area contributed by atoms with E-state index >= 15 is 0 Å². The molecule has 0 bridgehead atoms. The molecular formula is C22H15ClN2O6S. The van der Waals surface area contributed by atoms with Crippen LogP contribution in [-0.2, 0) is 4.74 Å². The minimum Gasteiger partial charge on any atom is -0.462 e. The van der Waals surface area contributed by atoms with E-state index in [0.29, 0.717) is 27.1 Å². The summed E-state index contributed by atoms with van der Waals surface area (Å²) in [7, 11) is 0. The maximum Gasteiger partial charge on any atom is 0.341 e. The van der Waals surface area contributed by atoms with E-state index < -0.39 is 16.8 Å². The molecule has 0 fully saturated rings. The van der Waals surface area contributed by atoms with Gasteiger partial charge >= 0.3 is 5.97 Å². The number of hydrogen-bond donors (Lipinski definition) is 1. The van der Waals surface area contributed by atoms with Crippen molar-refractivity contribution in [2.75, 3.05) is 11.9 Å². The van der Waals surface area contributed by atoms with E-state index in [1.54, 1.807) is 42.6 Å². The molecular weight excluding hydrogens is 456 g/mol. The molecule has 0 radical (unpaired) electrons. The smallest absolute Gasteiger partial charge is 0.341 e. The minimum atomic E-state index is -0.651. The Balaban J connectivity index is 1.71. The predicted octanol–water partition coefficient (Wildman–Crippen LogP) is 6.15. The topological polar surface area (TPSA) is 112 Å². The summed E-state index contributed by atoms with van der Waals surface area (Å²) in [5.74, 6) is -1.17. The fourth-order valence-corrected chi connectivity index (χ4v) is 4.28. The lowest BCUT2D eigenvalue weighted by molar-refractivity contribution is -0.384. The molecule has 2 aromatic heterocycles. The van der Waals surface area contributed by atoms with E-state index in [9.17, 15) is 19.7 Å². The lowest BCUT2D eigenvalue weighted by Crippen LogP contribution is -2.14. The average molecular weight is 471 g/mol. The molecule has 0 aliphatic carbocycles. The SMILES string of the molecule is CCOC(=O)c1c(-c2cccc([N+](=O)[O-])c2)csc1NC(=O)c1cc2cc(Cl)ccc2o1. The molecule has 2 aromatic carbocycles. The van der Waals surface area contributed by atoms with Gasteiger partial charge in [-0.15, -0.1) is 11.3 Å². The van der Waals surface area contributed by atoms with E-state index in [4.69, 9.17) is 20.8 Å². The highest BCUT2D eigenvalue weighted by molar-refractivity contribution is 7.15. The first-order valence-corrected chi connectivity index (χ1v) is 10.7. The lowest BCUT2D eigenvalue weighted by atomic mass is 10.0. The molecule has 8 nitrogen and oxygen atoms in total. The Morgan fingerprint density at radius 2 is 2.03 bits per heavy atom. The second kappa shape index (κ2) is 8.81. The van der Waals surface area contributed by atoms with Gasteiger partial charge in [0.2, 0.25) is 0 Å². The van der Waals surface area contributed by atoms with Crippen molar-refractivity contribution in [2.45, 2.75) is 6.92 Å². The Morgan fingerprint density at radius 3 is 2.78 bits per heavy atom. The first-order chi connectivity index (χ1) is 15.4. The number of furan rings is 1. The van der Waals surface area contributed by atoms with Gasteiger partial charge in [0.05, 0.1) is 11.5 Å². The molecule has 10 heteroatoms. The fraction of sp³-hybridized carbons (Fsp3) is 0.0909. The second-order valence-electron chi connectivity index (χ2n) is 6.63. The number of hydrogen-bond acceptors (Lipinski definition) is 7. The second-order valence-corrected chi connectivity index (χ2v) is 7.94. The molecule has 0 atom stereocenters. The summed E-state index contributed by atoms with van der Waals surface area (Å²) in [6, 6.07) is 12.4. The van der Waals surface area contributed by atoms with E-state index in [2.05, 4.69) is 5.32 Å². The number of benzene rings is 2. The van der Waals surface area contributed by atoms with Crippen molar-refractivity contribution in [1.29, 1.82) is 0 Å². The zero-order valence-electron chi connectivity index (χ0n) is 16.6. The van der Waals surface area contributed by atoms with E-state index in [0.717, 1.165) is 11.3 Å². The highest BCUT2D eigenvalue weighted by Gasteiger charge is 2.25. The van der Waals surface area contributed by atoms with Crippen molar-refractivity contribution in [3.63, 3.8) is 0 Å². The number of rotatable bonds is 6. The van der Waals surface area contributed by atoms with Crippen LogP contribution in [0, 0.1) is 10.1 Å². The molecule has 0 aliphatic heterocycles. The fourth-order valence-electron chi connectivity index (χ4n) is 3.15. The molecule has 0 spiro atoms. The summed E-state index contributed by atoms with van der Waals surface area (Å²) in [5, 5.41) is 16.9. The zero-order valence-corrected chi connectivity index (χ0v) is 18.2. The molecule has 4 rings (SSSR count). The number of nitro groups is 1. The number of carbonyl (C=O) groups excluding carboxylic acids is 2. The number of thiophene rings is 1. The number of nitrogens with zero attached hydrogens (tertiary/aromatic N) is 1. The number of nitrogens with one attached hydrogen (secondary N) is 1. The van der Waals surface area contributed by atoms with Gasteiger partial charge in [0, 0.05) is 33.5 Å². The first-order valence-electron chi connectivity index (χ1n) is 9.41. The lowest BCUT2D eigenvalue weighted by Gasteiger charge is -2.08. The molecule has 0 aliphatic rings. The first kappa shape index (κ1) is 21.5. The monoisotopic (exact) mass is 470 g/mol. The van der Waals surface area contributed by atoms with Gasteiger partial charge in [-0.2, -0.15) is 0 Å². The number of fused-ring (bicyclic) bond motifs is 1. The number of halogens is 1. The Morgan fingerprint density at radius 1 is 1.22 bits per heavy atom. The van der Waals surface area contributed by atoms with E-state index in [1.165, 1.54) is 18.2 Å². The van der Waals surface area contributed by atoms with Gasteiger partial charge in [0.25, 0.3) is 11.6 Å². The molecule has 2 heterocycles. The minimum absolute atomic E-state index is 0.0439. The van der Waals surface area contributed by atoms with Gasteiger partial charge in [0.15, 0.2) is 5.76 Å². The Kier molecular flexibility index (Phi) is 5.93. The van der Waals surface area contributed by atoms with Crippen LogP contribution in [0.15, 0.2) is 58.3 Å². The van der Waals surface area contributed by atoms with Crippen LogP contribution in [0.2, 0.25) is 5.02 Å². The van der Waals surface area contributed by atoms with Crippen LogP contribution in [-0.4, -0.2) is 23.4 Å². The van der Waals surface area contributed by atoms with Crippen molar-refractivity contribution < 1.29 is 23.7 Å².